The standard InChI is InChI=1S/C14H17N3O/c1-5-12-6-7-13(8-9(12)2)17-10(3)14(11(4)18)15-16-17/h6-8H,5H2,1-4H3. The van der Waals surface area contributed by atoms with E-state index in [0.717, 1.165) is 17.8 Å². The molecule has 0 aliphatic rings. The quantitative estimate of drug-likeness (QED) is 0.779. The largest absolute Gasteiger partial charge is 0.293 e. The molecule has 0 radical (unpaired) electrons. The summed E-state index contributed by atoms with van der Waals surface area (Å²) in [5.41, 5.74) is 4.72. The second-order valence-corrected chi connectivity index (χ2v) is 4.46. The number of carbonyl (C=O) groups is 1. The summed E-state index contributed by atoms with van der Waals surface area (Å²) in [6.07, 6.45) is 1.02. The van der Waals surface area contributed by atoms with E-state index in [1.54, 1.807) is 4.68 Å². The molecule has 0 N–H and O–H groups in total. The van der Waals surface area contributed by atoms with Crippen LogP contribution in [-0.4, -0.2) is 20.8 Å². The van der Waals surface area contributed by atoms with Gasteiger partial charge in [0.15, 0.2) is 11.5 Å². The molecule has 1 aromatic heterocycles. The zero-order chi connectivity index (χ0) is 13.3. The Morgan fingerprint density at radius 3 is 2.56 bits per heavy atom. The van der Waals surface area contributed by atoms with Crippen molar-refractivity contribution >= 4 is 5.78 Å². The minimum absolute atomic E-state index is 0.0550. The van der Waals surface area contributed by atoms with Crippen LogP contribution < -0.4 is 0 Å². The summed E-state index contributed by atoms with van der Waals surface area (Å²) in [6.45, 7) is 7.59. The minimum Gasteiger partial charge on any atom is -0.293 e. The second kappa shape index (κ2) is 4.72. The fraction of sp³-hybridized carbons (Fsp3) is 0.357. The molecule has 0 aliphatic carbocycles. The van der Waals surface area contributed by atoms with Gasteiger partial charge in [-0.3, -0.25) is 4.79 Å². The normalized spacial score (nSPS) is 10.7. The molecule has 0 aliphatic heterocycles. The first-order valence-corrected chi connectivity index (χ1v) is 6.07. The smallest absolute Gasteiger partial charge is 0.181 e. The molecule has 0 amide bonds. The zero-order valence-corrected chi connectivity index (χ0v) is 11.2. The molecule has 0 atom stereocenters. The van der Waals surface area contributed by atoms with Crippen molar-refractivity contribution in [1.29, 1.82) is 0 Å². The summed E-state index contributed by atoms with van der Waals surface area (Å²) < 4.78 is 1.71. The average molecular weight is 243 g/mol. The zero-order valence-electron chi connectivity index (χ0n) is 11.2. The van der Waals surface area contributed by atoms with E-state index >= 15 is 0 Å². The molecule has 1 heterocycles. The highest BCUT2D eigenvalue weighted by molar-refractivity contribution is 5.93. The van der Waals surface area contributed by atoms with E-state index in [2.05, 4.69) is 36.3 Å². The molecule has 0 fully saturated rings. The first-order chi connectivity index (χ1) is 8.54. The molecule has 0 bridgehead atoms. The predicted molar refractivity (Wildman–Crippen MR) is 70.2 cm³/mol. The van der Waals surface area contributed by atoms with Gasteiger partial charge in [0.05, 0.1) is 11.4 Å². The molecule has 0 spiro atoms. The van der Waals surface area contributed by atoms with Gasteiger partial charge in [-0.05, 0) is 43.5 Å². The number of rotatable bonds is 3. The van der Waals surface area contributed by atoms with Crippen LogP contribution in [0.15, 0.2) is 18.2 Å². The van der Waals surface area contributed by atoms with Crippen LogP contribution in [0.1, 0.15) is 41.2 Å². The molecule has 4 nitrogen and oxygen atoms in total. The molecule has 0 saturated carbocycles. The van der Waals surface area contributed by atoms with Gasteiger partial charge in [-0.2, -0.15) is 0 Å². The summed E-state index contributed by atoms with van der Waals surface area (Å²) in [6, 6.07) is 6.18. The lowest BCUT2D eigenvalue weighted by Gasteiger charge is -2.07. The van der Waals surface area contributed by atoms with Crippen LogP contribution in [0.4, 0.5) is 0 Å². The van der Waals surface area contributed by atoms with Crippen molar-refractivity contribution in [2.24, 2.45) is 0 Å². The molecule has 4 heteroatoms. The van der Waals surface area contributed by atoms with Crippen LogP contribution in [0.5, 0.6) is 0 Å². The van der Waals surface area contributed by atoms with E-state index in [1.165, 1.54) is 18.1 Å². The number of carbonyl (C=O) groups excluding carboxylic acids is 1. The first kappa shape index (κ1) is 12.5. The Bertz CT molecular complexity index is 599. The first-order valence-electron chi connectivity index (χ1n) is 6.07. The number of aromatic nitrogens is 3. The summed E-state index contributed by atoms with van der Waals surface area (Å²) in [4.78, 5) is 11.4. The van der Waals surface area contributed by atoms with E-state index in [9.17, 15) is 4.79 Å². The molecule has 18 heavy (non-hydrogen) atoms. The van der Waals surface area contributed by atoms with Crippen molar-refractivity contribution in [2.75, 3.05) is 0 Å². The number of aryl methyl sites for hydroxylation is 2. The number of benzene rings is 1. The molecule has 1 aromatic carbocycles. The topological polar surface area (TPSA) is 47.8 Å². The van der Waals surface area contributed by atoms with E-state index in [0.29, 0.717) is 5.69 Å². The van der Waals surface area contributed by atoms with Gasteiger partial charge in [-0.25, -0.2) is 4.68 Å². The Labute approximate surface area is 107 Å². The molecular weight excluding hydrogens is 226 g/mol. The van der Waals surface area contributed by atoms with E-state index < -0.39 is 0 Å². The number of hydrogen-bond acceptors (Lipinski definition) is 3. The number of nitrogens with zero attached hydrogens (tertiary/aromatic N) is 3. The van der Waals surface area contributed by atoms with Gasteiger partial charge in [0, 0.05) is 6.92 Å². The van der Waals surface area contributed by atoms with Crippen molar-refractivity contribution in [2.45, 2.75) is 34.1 Å². The van der Waals surface area contributed by atoms with E-state index in [4.69, 9.17) is 0 Å². The van der Waals surface area contributed by atoms with Gasteiger partial charge in [-0.1, -0.05) is 18.2 Å². The van der Waals surface area contributed by atoms with Crippen LogP contribution in [-0.2, 0) is 6.42 Å². The fourth-order valence-corrected chi connectivity index (χ4v) is 2.11. The van der Waals surface area contributed by atoms with Crippen molar-refractivity contribution < 1.29 is 4.79 Å². The van der Waals surface area contributed by atoms with Gasteiger partial charge < -0.3 is 0 Å². The third kappa shape index (κ3) is 2.06. The minimum atomic E-state index is -0.0550. The van der Waals surface area contributed by atoms with Crippen molar-refractivity contribution in [3.05, 3.63) is 40.7 Å². The Hall–Kier alpha value is -1.97. The summed E-state index contributed by atoms with van der Waals surface area (Å²) in [7, 11) is 0. The predicted octanol–water partition coefficient (Wildman–Crippen LogP) is 2.65. The number of Topliss-reactive ketones (excluding diaryl/α,β-unsaturated/α-hetero) is 1. The molecule has 2 rings (SSSR count). The Morgan fingerprint density at radius 2 is 2.06 bits per heavy atom. The highest BCUT2D eigenvalue weighted by atomic mass is 16.1. The third-order valence-corrected chi connectivity index (χ3v) is 3.18. The van der Waals surface area contributed by atoms with Gasteiger partial charge >= 0.3 is 0 Å². The van der Waals surface area contributed by atoms with Crippen LogP contribution in [0.25, 0.3) is 5.69 Å². The number of ketones is 1. The average Bonchev–Trinajstić information content (AvgIpc) is 2.71. The second-order valence-electron chi connectivity index (χ2n) is 4.46. The van der Waals surface area contributed by atoms with Gasteiger partial charge in [0.25, 0.3) is 0 Å². The van der Waals surface area contributed by atoms with Gasteiger partial charge in [-0.15, -0.1) is 5.10 Å². The lowest BCUT2D eigenvalue weighted by atomic mass is 10.1. The fourth-order valence-electron chi connectivity index (χ4n) is 2.11. The van der Waals surface area contributed by atoms with E-state index in [-0.39, 0.29) is 5.78 Å². The van der Waals surface area contributed by atoms with E-state index in [1.807, 2.05) is 13.0 Å². The van der Waals surface area contributed by atoms with Gasteiger partial charge in [0.2, 0.25) is 0 Å². The van der Waals surface area contributed by atoms with Crippen LogP contribution in [0.3, 0.4) is 0 Å². The maximum absolute atomic E-state index is 11.4. The van der Waals surface area contributed by atoms with Crippen LogP contribution >= 0.6 is 0 Å². The van der Waals surface area contributed by atoms with Crippen LogP contribution in [0, 0.1) is 13.8 Å². The molecule has 2 aromatic rings. The lowest BCUT2D eigenvalue weighted by molar-refractivity contribution is 0.101. The Morgan fingerprint density at radius 1 is 1.33 bits per heavy atom. The lowest BCUT2D eigenvalue weighted by Crippen LogP contribution is -2.02. The highest BCUT2D eigenvalue weighted by Crippen LogP contribution is 2.17. The molecule has 0 unspecified atom stereocenters. The summed E-state index contributed by atoms with van der Waals surface area (Å²) >= 11 is 0. The summed E-state index contributed by atoms with van der Waals surface area (Å²) in [5, 5.41) is 7.98. The van der Waals surface area contributed by atoms with Gasteiger partial charge in [0.1, 0.15) is 0 Å². The highest BCUT2D eigenvalue weighted by Gasteiger charge is 2.13. The van der Waals surface area contributed by atoms with Crippen LogP contribution in [0.2, 0.25) is 0 Å². The third-order valence-electron chi connectivity index (χ3n) is 3.18. The molecular formula is C14H17N3O. The van der Waals surface area contributed by atoms with Crippen molar-refractivity contribution in [1.82, 2.24) is 15.0 Å². The van der Waals surface area contributed by atoms with Crippen molar-refractivity contribution in [3.8, 4) is 5.69 Å². The Kier molecular flexibility index (Phi) is 3.28. The monoisotopic (exact) mass is 243 g/mol. The molecule has 94 valence electrons. The SMILES string of the molecule is CCc1ccc(-n2nnc(C(C)=O)c2C)cc1C. The summed E-state index contributed by atoms with van der Waals surface area (Å²) in [5.74, 6) is -0.0550. The number of hydrogen-bond donors (Lipinski definition) is 0. The van der Waals surface area contributed by atoms with Crippen molar-refractivity contribution in [3.63, 3.8) is 0 Å². The molecule has 0 saturated heterocycles. The maximum Gasteiger partial charge on any atom is 0.181 e. The maximum atomic E-state index is 11.4. The Balaban J connectivity index is 2.49.